The van der Waals surface area contributed by atoms with Crippen LogP contribution in [0.5, 0.6) is 0 Å². The van der Waals surface area contributed by atoms with Gasteiger partial charge in [0.15, 0.2) is 0 Å². The van der Waals surface area contributed by atoms with Crippen LogP contribution in [0.3, 0.4) is 0 Å². The molecule has 0 spiro atoms. The van der Waals surface area contributed by atoms with Gasteiger partial charge >= 0.3 is 16.2 Å². The standard InChI is InChI=1S/C20H33N5O4S/c1-23(2)30(28,29)22-17-14-18(20(26)27)19(21-15-17)25-12-7-16(8-13-25)6-11-24-9-4-3-5-10-24/h14-16,22H,3-13H2,1-2H3,(H,26,27). The molecule has 2 saturated heterocycles. The Labute approximate surface area is 179 Å². The Hall–Kier alpha value is -1.91. The number of carboxylic acids is 1. The van der Waals surface area contributed by atoms with E-state index in [9.17, 15) is 18.3 Å². The molecule has 2 N–H and O–H groups in total. The Kier molecular flexibility index (Phi) is 7.54. The van der Waals surface area contributed by atoms with Gasteiger partial charge in [0.25, 0.3) is 0 Å². The normalized spacial score (nSPS) is 19.2. The summed E-state index contributed by atoms with van der Waals surface area (Å²) in [6, 6.07) is 1.34. The van der Waals surface area contributed by atoms with Crippen molar-refractivity contribution in [3.8, 4) is 0 Å². The van der Waals surface area contributed by atoms with Gasteiger partial charge in [-0.1, -0.05) is 6.42 Å². The van der Waals surface area contributed by atoms with E-state index in [-0.39, 0.29) is 11.3 Å². The van der Waals surface area contributed by atoms with Crippen LogP contribution < -0.4 is 9.62 Å². The van der Waals surface area contributed by atoms with Crippen LogP contribution >= 0.6 is 0 Å². The minimum Gasteiger partial charge on any atom is -0.478 e. The number of likely N-dealkylation sites (tertiary alicyclic amines) is 1. The number of carbonyl (C=O) groups is 1. The molecule has 0 aromatic carbocycles. The van der Waals surface area contributed by atoms with Gasteiger partial charge in [-0.2, -0.15) is 12.7 Å². The van der Waals surface area contributed by atoms with Gasteiger partial charge in [0.2, 0.25) is 0 Å². The number of pyridine rings is 1. The first-order valence-electron chi connectivity index (χ1n) is 10.7. The van der Waals surface area contributed by atoms with E-state index in [0.717, 1.165) is 36.8 Å². The van der Waals surface area contributed by atoms with Crippen LogP contribution in [0.15, 0.2) is 12.3 Å². The van der Waals surface area contributed by atoms with Crippen LogP contribution in [-0.2, 0) is 10.2 Å². The molecule has 2 aliphatic rings. The average molecular weight is 440 g/mol. The summed E-state index contributed by atoms with van der Waals surface area (Å²) in [6.45, 7) is 5.12. The van der Waals surface area contributed by atoms with Crippen molar-refractivity contribution in [2.45, 2.75) is 38.5 Å². The third-order valence-electron chi connectivity index (χ3n) is 6.04. The van der Waals surface area contributed by atoms with Gasteiger partial charge in [0, 0.05) is 27.2 Å². The summed E-state index contributed by atoms with van der Waals surface area (Å²) in [5.74, 6) is -0.0527. The quantitative estimate of drug-likeness (QED) is 0.639. The van der Waals surface area contributed by atoms with Crippen molar-refractivity contribution in [2.24, 2.45) is 5.92 Å². The second kappa shape index (κ2) is 9.93. The molecule has 168 valence electrons. The molecular weight excluding hydrogens is 406 g/mol. The van der Waals surface area contributed by atoms with Crippen LogP contribution in [0.4, 0.5) is 11.5 Å². The molecule has 2 aliphatic heterocycles. The largest absolute Gasteiger partial charge is 0.478 e. The third kappa shape index (κ3) is 5.83. The highest BCUT2D eigenvalue weighted by Gasteiger charge is 2.25. The Bertz CT molecular complexity index is 832. The van der Waals surface area contributed by atoms with Crippen LogP contribution in [0.2, 0.25) is 0 Å². The Morgan fingerprint density at radius 1 is 1.20 bits per heavy atom. The lowest BCUT2D eigenvalue weighted by Crippen LogP contribution is -2.37. The molecule has 3 rings (SSSR count). The zero-order valence-corrected chi connectivity index (χ0v) is 18.7. The fraction of sp³-hybridized carbons (Fsp3) is 0.700. The maximum absolute atomic E-state index is 12.0. The number of carboxylic acid groups (broad SMARTS) is 1. The third-order valence-corrected chi connectivity index (χ3v) is 7.50. The molecule has 0 radical (unpaired) electrons. The maximum Gasteiger partial charge on any atom is 0.339 e. The van der Waals surface area contributed by atoms with Gasteiger partial charge in [-0.15, -0.1) is 0 Å². The van der Waals surface area contributed by atoms with Gasteiger partial charge in [-0.3, -0.25) is 4.72 Å². The highest BCUT2D eigenvalue weighted by Crippen LogP contribution is 2.28. The molecule has 0 amide bonds. The molecule has 0 atom stereocenters. The van der Waals surface area contributed by atoms with E-state index in [1.54, 1.807) is 0 Å². The summed E-state index contributed by atoms with van der Waals surface area (Å²) < 4.78 is 27.4. The number of rotatable bonds is 8. The summed E-state index contributed by atoms with van der Waals surface area (Å²) >= 11 is 0. The summed E-state index contributed by atoms with van der Waals surface area (Å²) in [5.41, 5.74) is 0.155. The Morgan fingerprint density at radius 2 is 1.87 bits per heavy atom. The topological polar surface area (TPSA) is 106 Å². The lowest BCUT2D eigenvalue weighted by molar-refractivity contribution is 0.0697. The fourth-order valence-corrected chi connectivity index (χ4v) is 4.74. The van der Waals surface area contributed by atoms with E-state index in [1.165, 1.54) is 65.1 Å². The van der Waals surface area contributed by atoms with E-state index in [0.29, 0.717) is 11.7 Å². The first-order chi connectivity index (χ1) is 14.3. The Morgan fingerprint density at radius 3 is 2.47 bits per heavy atom. The number of aromatic nitrogens is 1. The predicted octanol–water partition coefficient (Wildman–Crippen LogP) is 2.09. The summed E-state index contributed by atoms with van der Waals surface area (Å²) in [4.78, 5) is 20.7. The average Bonchev–Trinajstić information content (AvgIpc) is 2.73. The molecular formula is C20H33N5O4S. The van der Waals surface area contributed by atoms with Crippen molar-refractivity contribution in [1.29, 1.82) is 0 Å². The number of nitrogens with zero attached hydrogens (tertiary/aromatic N) is 4. The predicted molar refractivity (Wildman–Crippen MR) is 117 cm³/mol. The molecule has 9 nitrogen and oxygen atoms in total. The molecule has 30 heavy (non-hydrogen) atoms. The van der Waals surface area contributed by atoms with Gasteiger partial charge in [0.05, 0.1) is 11.9 Å². The first kappa shape index (κ1) is 22.8. The summed E-state index contributed by atoms with van der Waals surface area (Å²) in [5, 5.41) is 9.65. The highest BCUT2D eigenvalue weighted by molar-refractivity contribution is 7.90. The number of piperidine rings is 2. The van der Waals surface area contributed by atoms with Crippen molar-refractivity contribution in [1.82, 2.24) is 14.2 Å². The fourth-order valence-electron chi connectivity index (χ4n) is 4.14. The van der Waals surface area contributed by atoms with Crippen LogP contribution in [0, 0.1) is 5.92 Å². The molecule has 2 fully saturated rings. The number of hydrogen-bond acceptors (Lipinski definition) is 6. The molecule has 0 aliphatic carbocycles. The van der Waals surface area contributed by atoms with E-state index >= 15 is 0 Å². The molecule has 0 bridgehead atoms. The molecule has 0 saturated carbocycles. The van der Waals surface area contributed by atoms with Gasteiger partial charge in [-0.25, -0.2) is 9.78 Å². The smallest absolute Gasteiger partial charge is 0.339 e. The number of nitrogens with one attached hydrogen (secondary N) is 1. The molecule has 3 heterocycles. The molecule has 10 heteroatoms. The van der Waals surface area contributed by atoms with Gasteiger partial charge in [-0.05, 0) is 63.7 Å². The lowest BCUT2D eigenvalue weighted by Gasteiger charge is -2.35. The second-order valence-electron chi connectivity index (χ2n) is 8.41. The van der Waals surface area contributed by atoms with Crippen LogP contribution in [0.25, 0.3) is 0 Å². The number of hydrogen-bond donors (Lipinski definition) is 2. The van der Waals surface area contributed by atoms with E-state index in [2.05, 4.69) is 14.6 Å². The van der Waals surface area contributed by atoms with Crippen molar-refractivity contribution in [3.05, 3.63) is 17.8 Å². The van der Waals surface area contributed by atoms with Crippen molar-refractivity contribution in [2.75, 3.05) is 56.4 Å². The second-order valence-corrected chi connectivity index (χ2v) is 10.3. The lowest BCUT2D eigenvalue weighted by atomic mass is 9.93. The zero-order chi connectivity index (χ0) is 21.7. The maximum atomic E-state index is 12.0. The number of aromatic carboxylic acids is 1. The van der Waals surface area contributed by atoms with Crippen LogP contribution in [-0.4, -0.2) is 80.5 Å². The van der Waals surface area contributed by atoms with Crippen molar-refractivity contribution >= 4 is 27.7 Å². The van der Waals surface area contributed by atoms with E-state index in [1.807, 2.05) is 4.90 Å². The zero-order valence-electron chi connectivity index (χ0n) is 17.9. The first-order valence-corrected chi connectivity index (χ1v) is 12.1. The minimum absolute atomic E-state index is 0.0146. The van der Waals surface area contributed by atoms with Crippen molar-refractivity contribution in [3.63, 3.8) is 0 Å². The van der Waals surface area contributed by atoms with E-state index in [4.69, 9.17) is 0 Å². The summed E-state index contributed by atoms with van der Waals surface area (Å²) in [7, 11) is -0.921. The molecule has 1 aromatic heterocycles. The monoisotopic (exact) mass is 439 g/mol. The van der Waals surface area contributed by atoms with Gasteiger partial charge < -0.3 is 14.9 Å². The summed E-state index contributed by atoms with van der Waals surface area (Å²) in [6.07, 6.45) is 8.57. The number of anilines is 2. The van der Waals surface area contributed by atoms with Crippen molar-refractivity contribution < 1.29 is 18.3 Å². The van der Waals surface area contributed by atoms with Crippen LogP contribution in [0.1, 0.15) is 48.9 Å². The van der Waals surface area contributed by atoms with Gasteiger partial charge in [0.1, 0.15) is 11.4 Å². The minimum atomic E-state index is -3.72. The highest BCUT2D eigenvalue weighted by atomic mass is 32.2. The Balaban J connectivity index is 1.61. The SMILES string of the molecule is CN(C)S(=O)(=O)Nc1cnc(N2CCC(CCN3CCCCC3)CC2)c(C(=O)O)c1. The molecule has 0 unspecified atom stereocenters. The molecule has 1 aromatic rings. The van der Waals surface area contributed by atoms with E-state index < -0.39 is 16.2 Å².